The van der Waals surface area contributed by atoms with Crippen LogP contribution in [0.5, 0.6) is 0 Å². The molecule has 252 valence electrons. The molecule has 0 saturated heterocycles. The van der Waals surface area contributed by atoms with Crippen LogP contribution in [0.2, 0.25) is 0 Å². The van der Waals surface area contributed by atoms with Crippen LogP contribution in [0.15, 0.2) is 161 Å². The topological polar surface area (TPSA) is 56.3 Å². The van der Waals surface area contributed by atoms with Crippen molar-refractivity contribution in [2.45, 2.75) is 39.7 Å². The zero-order chi connectivity index (χ0) is 35.3. The molecule has 9 rings (SSSR count). The molecule has 0 saturated carbocycles. The predicted octanol–water partition coefficient (Wildman–Crippen LogP) is 8.97. The van der Waals surface area contributed by atoms with E-state index < -0.39 is 0 Å². The minimum atomic E-state index is -0.104. The third kappa shape index (κ3) is 5.76. The van der Waals surface area contributed by atoms with Gasteiger partial charge in [-0.2, -0.15) is 0 Å². The van der Waals surface area contributed by atoms with Crippen molar-refractivity contribution in [3.05, 3.63) is 218 Å². The van der Waals surface area contributed by atoms with Crippen molar-refractivity contribution < 1.29 is 0 Å². The Morgan fingerprint density at radius 2 is 0.981 bits per heavy atom. The summed E-state index contributed by atoms with van der Waals surface area (Å²) in [5.74, 6) is -0.0154. The Labute approximate surface area is 304 Å². The molecule has 2 atom stereocenters. The maximum Gasteiger partial charge on any atom is 0.0814 e. The molecule has 8 bridgehead atoms. The molecular formula is C48H40N4. The van der Waals surface area contributed by atoms with Gasteiger partial charge in [0.1, 0.15) is 0 Å². The average Bonchev–Trinajstić information content (AvgIpc) is 3.99. The summed E-state index contributed by atoms with van der Waals surface area (Å²) in [5.41, 5.74) is 17.7. The van der Waals surface area contributed by atoms with E-state index in [1.54, 1.807) is 0 Å². The molecule has 5 heterocycles. The Morgan fingerprint density at radius 3 is 1.56 bits per heavy atom. The standard InChI is InChI=1S/C48H40N4/c1-29-5-13-33(14-6-29)45-37-21-23-39(49-37)46(34-15-7-30(2)8-16-34)41-25-27-43(51-41)48(36-19-11-32(4)12-20-36)44-28-26-42(52-44)47(40-24-22-38(45)50-40)35-17-9-31(3)10-18-35/h5-28,37,45,50-51H,1-4H3/b46-41-,47-42-,48-43-. The molecule has 6 aromatic rings. The molecule has 4 heteroatoms. The maximum absolute atomic E-state index is 5.53. The van der Waals surface area contributed by atoms with Crippen LogP contribution in [0.1, 0.15) is 61.8 Å². The normalized spacial score (nSPS) is 21.4. The minimum Gasteiger partial charge on any atom is -0.358 e. The zero-order valence-electron chi connectivity index (χ0n) is 29.9. The number of nitrogens with one attached hydrogen (secondary N) is 2. The van der Waals surface area contributed by atoms with E-state index in [9.17, 15) is 0 Å². The Balaban J connectivity index is 1.37. The van der Waals surface area contributed by atoms with E-state index in [1.807, 2.05) is 0 Å². The Morgan fingerprint density at radius 1 is 0.462 bits per heavy atom. The van der Waals surface area contributed by atoms with E-state index in [4.69, 9.17) is 9.98 Å². The van der Waals surface area contributed by atoms with Crippen LogP contribution < -0.4 is 10.7 Å². The number of aromatic nitrogens is 2. The number of hydrogen-bond acceptors (Lipinski definition) is 2. The van der Waals surface area contributed by atoms with Crippen LogP contribution in [-0.4, -0.2) is 27.4 Å². The van der Waals surface area contributed by atoms with Crippen molar-refractivity contribution in [2.24, 2.45) is 9.98 Å². The lowest BCUT2D eigenvalue weighted by atomic mass is 9.88. The molecule has 0 radical (unpaired) electrons. The summed E-state index contributed by atoms with van der Waals surface area (Å²) in [4.78, 5) is 18.7. The van der Waals surface area contributed by atoms with Gasteiger partial charge >= 0.3 is 0 Å². The highest BCUT2D eigenvalue weighted by atomic mass is 14.9. The fourth-order valence-electron chi connectivity index (χ4n) is 7.66. The highest BCUT2D eigenvalue weighted by molar-refractivity contribution is 6.31. The SMILES string of the molecule is Cc1ccc(/C2=C3\C=CC(=N3)/C(c3ccc(C)cc3)=c3/cc/c([nH]3)=C(\c3ccc(C)cc3)C3=NC(C=C3)C(c3ccc(C)cc3)c3ccc2[nH]3)cc1. The maximum atomic E-state index is 5.53. The van der Waals surface area contributed by atoms with Crippen molar-refractivity contribution in [2.75, 3.05) is 0 Å². The monoisotopic (exact) mass is 672 g/mol. The number of aryl methyl sites for hydroxylation is 4. The Bertz CT molecular complexity index is 2620. The fourth-order valence-corrected chi connectivity index (χ4v) is 7.66. The third-order valence-corrected chi connectivity index (χ3v) is 10.5. The van der Waals surface area contributed by atoms with Gasteiger partial charge in [-0.3, -0.25) is 4.99 Å². The van der Waals surface area contributed by atoms with Crippen LogP contribution in [-0.2, 0) is 0 Å². The van der Waals surface area contributed by atoms with Crippen molar-refractivity contribution in [1.82, 2.24) is 9.97 Å². The second-order valence-electron chi connectivity index (χ2n) is 14.3. The van der Waals surface area contributed by atoms with Crippen molar-refractivity contribution in [3.8, 4) is 0 Å². The van der Waals surface area contributed by atoms with Gasteiger partial charge in [-0.05, 0) is 92.4 Å². The summed E-state index contributed by atoms with van der Waals surface area (Å²) in [6, 6.07) is 43.9. The lowest BCUT2D eigenvalue weighted by molar-refractivity contribution is 0.694. The summed E-state index contributed by atoms with van der Waals surface area (Å²) in [6.45, 7) is 8.53. The Kier molecular flexibility index (Phi) is 7.81. The lowest BCUT2D eigenvalue weighted by Crippen LogP contribution is -2.21. The highest BCUT2D eigenvalue weighted by Crippen LogP contribution is 2.37. The number of benzene rings is 4. The second kappa shape index (κ2) is 12.8. The quantitative estimate of drug-likeness (QED) is 0.188. The first-order valence-corrected chi connectivity index (χ1v) is 18.1. The molecule has 4 aromatic carbocycles. The summed E-state index contributed by atoms with van der Waals surface area (Å²) in [6.07, 6.45) is 8.81. The molecule has 0 aliphatic carbocycles. The van der Waals surface area contributed by atoms with Crippen LogP contribution in [0.3, 0.4) is 0 Å². The first-order chi connectivity index (χ1) is 25.4. The smallest absolute Gasteiger partial charge is 0.0814 e. The number of aromatic amines is 2. The minimum absolute atomic E-state index is 0.0154. The summed E-state index contributed by atoms with van der Waals surface area (Å²) < 4.78 is 0. The van der Waals surface area contributed by atoms with Gasteiger partial charge in [0.2, 0.25) is 0 Å². The summed E-state index contributed by atoms with van der Waals surface area (Å²) in [5, 5.41) is 2.03. The van der Waals surface area contributed by atoms with Crippen LogP contribution in [0.4, 0.5) is 0 Å². The number of aliphatic imine (C=N–C) groups is 2. The molecule has 52 heavy (non-hydrogen) atoms. The van der Waals surface area contributed by atoms with E-state index in [-0.39, 0.29) is 12.0 Å². The van der Waals surface area contributed by atoms with Gasteiger partial charge < -0.3 is 9.97 Å². The number of fused-ring (bicyclic) bond motifs is 6. The molecule has 3 aliphatic rings. The summed E-state index contributed by atoms with van der Waals surface area (Å²) >= 11 is 0. The first kappa shape index (κ1) is 31.7. The molecule has 0 fully saturated rings. The third-order valence-electron chi connectivity index (χ3n) is 10.5. The molecule has 3 aliphatic heterocycles. The molecule has 2 N–H and O–H groups in total. The number of allylic oxidation sites excluding steroid dienone is 3. The molecule has 2 aromatic heterocycles. The van der Waals surface area contributed by atoms with Gasteiger partial charge in [0, 0.05) is 38.8 Å². The van der Waals surface area contributed by atoms with E-state index in [0.29, 0.717) is 0 Å². The second-order valence-corrected chi connectivity index (χ2v) is 14.3. The van der Waals surface area contributed by atoms with Crippen LogP contribution in [0, 0.1) is 27.7 Å². The average molecular weight is 673 g/mol. The van der Waals surface area contributed by atoms with Crippen molar-refractivity contribution in [3.63, 3.8) is 0 Å². The largest absolute Gasteiger partial charge is 0.358 e. The van der Waals surface area contributed by atoms with Gasteiger partial charge in [-0.1, -0.05) is 125 Å². The van der Waals surface area contributed by atoms with E-state index in [0.717, 1.165) is 72.6 Å². The number of rotatable bonds is 4. The molecule has 2 unspecified atom stereocenters. The predicted molar refractivity (Wildman–Crippen MR) is 215 cm³/mol. The van der Waals surface area contributed by atoms with E-state index in [1.165, 1.54) is 27.8 Å². The van der Waals surface area contributed by atoms with Gasteiger partial charge in [-0.25, -0.2) is 4.99 Å². The zero-order valence-corrected chi connectivity index (χ0v) is 29.9. The molecule has 0 spiro atoms. The van der Waals surface area contributed by atoms with E-state index >= 15 is 0 Å². The lowest BCUT2D eigenvalue weighted by Gasteiger charge is -2.21. The van der Waals surface area contributed by atoms with Crippen molar-refractivity contribution in [1.29, 1.82) is 0 Å². The van der Waals surface area contributed by atoms with Crippen molar-refractivity contribution >= 4 is 28.1 Å². The summed E-state index contributed by atoms with van der Waals surface area (Å²) in [7, 11) is 0. The fraction of sp³-hybridized carbons (Fsp3) is 0.125. The first-order valence-electron chi connectivity index (χ1n) is 18.1. The van der Waals surface area contributed by atoms with Gasteiger partial charge in [0.15, 0.2) is 0 Å². The van der Waals surface area contributed by atoms with Gasteiger partial charge in [0.25, 0.3) is 0 Å². The van der Waals surface area contributed by atoms with Crippen LogP contribution >= 0.6 is 0 Å². The van der Waals surface area contributed by atoms with E-state index in [2.05, 4.69) is 183 Å². The number of H-pyrrole nitrogens is 2. The highest BCUT2D eigenvalue weighted by Gasteiger charge is 2.29. The van der Waals surface area contributed by atoms with Gasteiger partial charge in [-0.15, -0.1) is 0 Å². The molecule has 0 amide bonds. The molecular weight excluding hydrogens is 633 g/mol. The van der Waals surface area contributed by atoms with Crippen LogP contribution in [0.25, 0.3) is 16.7 Å². The number of hydrogen-bond donors (Lipinski definition) is 2. The van der Waals surface area contributed by atoms with Gasteiger partial charge in [0.05, 0.1) is 29.1 Å². The number of nitrogens with zero attached hydrogens (tertiary/aromatic N) is 2. The Hall–Kier alpha value is -6.26. The molecule has 4 nitrogen and oxygen atoms in total.